The maximum Gasteiger partial charge on any atom is 0.119 e. The summed E-state index contributed by atoms with van der Waals surface area (Å²) in [6, 6.07) is 17.6. The minimum absolute atomic E-state index is 0.832. The molecule has 29 heavy (non-hydrogen) atoms. The second-order valence-electron chi connectivity index (χ2n) is 8.57. The molecule has 0 bridgehead atoms. The van der Waals surface area contributed by atoms with Crippen LogP contribution in [0, 0.1) is 0 Å². The Morgan fingerprint density at radius 3 is 2.52 bits per heavy atom. The van der Waals surface area contributed by atoms with Gasteiger partial charge in [-0.05, 0) is 87.4 Å². The number of rotatable bonds is 10. The second kappa shape index (κ2) is 10.7. The van der Waals surface area contributed by atoms with Crippen LogP contribution in [0.1, 0.15) is 49.7 Å². The summed E-state index contributed by atoms with van der Waals surface area (Å²) in [4.78, 5) is 5.14. The Balaban J connectivity index is 1.17. The number of ether oxygens (including phenoxy) is 1. The number of fused-ring (bicyclic) bond motifs is 1. The van der Waals surface area contributed by atoms with Crippen LogP contribution >= 0.6 is 0 Å². The van der Waals surface area contributed by atoms with Gasteiger partial charge in [0.2, 0.25) is 0 Å². The molecule has 2 aromatic carbocycles. The fourth-order valence-corrected chi connectivity index (χ4v) is 4.71. The monoisotopic (exact) mass is 392 g/mol. The van der Waals surface area contributed by atoms with Crippen molar-refractivity contribution in [3.63, 3.8) is 0 Å². The maximum absolute atomic E-state index is 6.06. The summed E-state index contributed by atoms with van der Waals surface area (Å²) in [5.74, 6) is 1.05. The molecule has 3 heteroatoms. The Kier molecular flexibility index (Phi) is 7.47. The third-order valence-electron chi connectivity index (χ3n) is 6.37. The van der Waals surface area contributed by atoms with Crippen molar-refractivity contribution in [2.75, 3.05) is 44.2 Å². The second-order valence-corrected chi connectivity index (χ2v) is 8.57. The third kappa shape index (κ3) is 5.99. The van der Waals surface area contributed by atoms with Gasteiger partial charge in [0.05, 0.1) is 6.61 Å². The van der Waals surface area contributed by atoms with Gasteiger partial charge in [-0.25, -0.2) is 0 Å². The molecule has 2 aromatic rings. The van der Waals surface area contributed by atoms with E-state index in [1.807, 2.05) is 0 Å². The Morgan fingerprint density at radius 1 is 0.793 bits per heavy atom. The SMILES string of the molecule is c1ccc(CCCCN2CCc3cc(OCCCN4CCCCC4)ccc32)cc1. The van der Waals surface area contributed by atoms with Crippen LogP contribution in [0.25, 0.3) is 0 Å². The summed E-state index contributed by atoms with van der Waals surface area (Å²) < 4.78 is 6.06. The summed E-state index contributed by atoms with van der Waals surface area (Å²) in [5, 5.41) is 0. The van der Waals surface area contributed by atoms with Gasteiger partial charge in [-0.1, -0.05) is 36.8 Å². The van der Waals surface area contributed by atoms with E-state index in [0.29, 0.717) is 0 Å². The first kappa shape index (κ1) is 20.3. The van der Waals surface area contributed by atoms with E-state index in [0.717, 1.165) is 38.3 Å². The molecule has 2 aliphatic rings. The summed E-state index contributed by atoms with van der Waals surface area (Å²) in [5.41, 5.74) is 4.34. The smallest absolute Gasteiger partial charge is 0.119 e. The predicted molar refractivity (Wildman–Crippen MR) is 122 cm³/mol. The van der Waals surface area contributed by atoms with E-state index >= 15 is 0 Å². The molecule has 1 fully saturated rings. The molecule has 4 rings (SSSR count). The van der Waals surface area contributed by atoms with Crippen molar-refractivity contribution >= 4 is 5.69 Å². The third-order valence-corrected chi connectivity index (χ3v) is 6.37. The number of piperidine rings is 1. The molecule has 2 heterocycles. The zero-order valence-corrected chi connectivity index (χ0v) is 17.8. The largest absolute Gasteiger partial charge is 0.494 e. The molecule has 156 valence electrons. The zero-order valence-electron chi connectivity index (χ0n) is 17.8. The molecule has 0 N–H and O–H groups in total. The minimum Gasteiger partial charge on any atom is -0.494 e. The summed E-state index contributed by atoms with van der Waals surface area (Å²) in [6.45, 7) is 6.88. The Bertz CT molecular complexity index is 740. The van der Waals surface area contributed by atoms with Crippen molar-refractivity contribution in [1.29, 1.82) is 0 Å². The van der Waals surface area contributed by atoms with Gasteiger partial charge < -0.3 is 14.5 Å². The fourth-order valence-electron chi connectivity index (χ4n) is 4.71. The number of benzene rings is 2. The molecular weight excluding hydrogens is 356 g/mol. The molecule has 0 aliphatic carbocycles. The van der Waals surface area contributed by atoms with Gasteiger partial charge in [0.1, 0.15) is 5.75 Å². The van der Waals surface area contributed by atoms with Gasteiger partial charge >= 0.3 is 0 Å². The lowest BCUT2D eigenvalue weighted by molar-refractivity contribution is 0.205. The van der Waals surface area contributed by atoms with E-state index in [1.165, 1.54) is 75.0 Å². The molecule has 0 amide bonds. The van der Waals surface area contributed by atoms with Crippen LogP contribution in [0.5, 0.6) is 5.75 Å². The fraction of sp³-hybridized carbons (Fsp3) is 0.538. The van der Waals surface area contributed by atoms with Crippen LogP contribution in [0.3, 0.4) is 0 Å². The van der Waals surface area contributed by atoms with Gasteiger partial charge in [0.15, 0.2) is 0 Å². The summed E-state index contributed by atoms with van der Waals surface area (Å²) in [6.07, 6.45) is 10.1. The number of unbranched alkanes of at least 4 members (excludes halogenated alkanes) is 1. The first-order chi connectivity index (χ1) is 14.4. The first-order valence-electron chi connectivity index (χ1n) is 11.7. The Hall–Kier alpha value is -2.00. The number of likely N-dealkylation sites (tertiary alicyclic amines) is 1. The summed E-state index contributed by atoms with van der Waals surface area (Å²) >= 11 is 0. The molecule has 2 aliphatic heterocycles. The van der Waals surface area contributed by atoms with Gasteiger partial charge in [-0.15, -0.1) is 0 Å². The highest BCUT2D eigenvalue weighted by molar-refractivity contribution is 5.60. The maximum atomic E-state index is 6.06. The molecule has 0 aromatic heterocycles. The summed E-state index contributed by atoms with van der Waals surface area (Å²) in [7, 11) is 0. The number of hydrogen-bond acceptors (Lipinski definition) is 3. The molecule has 0 atom stereocenters. The Morgan fingerprint density at radius 2 is 1.66 bits per heavy atom. The molecule has 3 nitrogen and oxygen atoms in total. The van der Waals surface area contributed by atoms with Crippen LogP contribution < -0.4 is 9.64 Å². The van der Waals surface area contributed by atoms with Crippen molar-refractivity contribution in [3.8, 4) is 5.75 Å². The lowest BCUT2D eigenvalue weighted by Gasteiger charge is -2.26. The van der Waals surface area contributed by atoms with E-state index in [9.17, 15) is 0 Å². The van der Waals surface area contributed by atoms with Gasteiger partial charge in [0, 0.05) is 25.3 Å². The van der Waals surface area contributed by atoms with Crippen LogP contribution in [0.4, 0.5) is 5.69 Å². The lowest BCUT2D eigenvalue weighted by atomic mass is 10.1. The molecule has 0 spiro atoms. The molecule has 0 unspecified atom stereocenters. The van der Waals surface area contributed by atoms with Gasteiger partial charge in [-0.3, -0.25) is 0 Å². The number of aryl methyl sites for hydroxylation is 1. The highest BCUT2D eigenvalue weighted by atomic mass is 16.5. The normalized spacial score (nSPS) is 16.8. The van der Waals surface area contributed by atoms with Gasteiger partial charge in [0.25, 0.3) is 0 Å². The highest BCUT2D eigenvalue weighted by Gasteiger charge is 2.19. The van der Waals surface area contributed by atoms with Crippen molar-refractivity contribution in [3.05, 3.63) is 59.7 Å². The van der Waals surface area contributed by atoms with Crippen molar-refractivity contribution in [2.24, 2.45) is 0 Å². The van der Waals surface area contributed by atoms with E-state index in [2.05, 4.69) is 58.3 Å². The molecular formula is C26H36N2O. The van der Waals surface area contributed by atoms with Crippen LogP contribution in [0.15, 0.2) is 48.5 Å². The molecule has 1 saturated heterocycles. The van der Waals surface area contributed by atoms with Crippen molar-refractivity contribution < 1.29 is 4.74 Å². The average Bonchev–Trinajstić information content (AvgIpc) is 3.18. The van der Waals surface area contributed by atoms with E-state index < -0.39 is 0 Å². The number of hydrogen-bond donors (Lipinski definition) is 0. The lowest BCUT2D eigenvalue weighted by Crippen LogP contribution is -2.31. The quantitative estimate of drug-likeness (QED) is 0.509. The number of anilines is 1. The first-order valence-corrected chi connectivity index (χ1v) is 11.7. The zero-order chi connectivity index (χ0) is 19.7. The minimum atomic E-state index is 0.832. The van der Waals surface area contributed by atoms with E-state index in [-0.39, 0.29) is 0 Å². The predicted octanol–water partition coefficient (Wildman–Crippen LogP) is 5.33. The van der Waals surface area contributed by atoms with Crippen molar-refractivity contribution in [1.82, 2.24) is 4.90 Å². The van der Waals surface area contributed by atoms with Crippen molar-refractivity contribution in [2.45, 2.75) is 51.4 Å². The topological polar surface area (TPSA) is 15.7 Å². The van der Waals surface area contributed by atoms with E-state index in [4.69, 9.17) is 4.74 Å². The highest BCUT2D eigenvalue weighted by Crippen LogP contribution is 2.31. The average molecular weight is 393 g/mol. The Labute approximate surface area is 176 Å². The van der Waals surface area contributed by atoms with Crippen LogP contribution in [0.2, 0.25) is 0 Å². The van der Waals surface area contributed by atoms with Crippen LogP contribution in [-0.2, 0) is 12.8 Å². The molecule has 0 saturated carbocycles. The standard InChI is InChI=1S/C26H36N2O/c1-3-10-23(11-4-1)12-5-8-19-28-20-15-24-22-25(13-14-26(24)28)29-21-9-18-27-16-6-2-7-17-27/h1,3-4,10-11,13-14,22H,2,5-9,12,15-21H2. The van der Waals surface area contributed by atoms with E-state index in [1.54, 1.807) is 0 Å². The molecule has 0 radical (unpaired) electrons. The van der Waals surface area contributed by atoms with Gasteiger partial charge in [-0.2, -0.15) is 0 Å². The van der Waals surface area contributed by atoms with Crippen LogP contribution in [-0.4, -0.2) is 44.2 Å². The number of nitrogens with zero attached hydrogens (tertiary/aromatic N) is 2.